The van der Waals surface area contributed by atoms with Crippen LogP contribution < -0.4 is 0 Å². The second-order valence-electron chi connectivity index (χ2n) is 11.0. The first-order valence-corrected chi connectivity index (χ1v) is 14.1. The number of hydrogen-bond acceptors (Lipinski definition) is 2. The number of fused-ring (bicyclic) bond motifs is 9. The molecule has 6 aromatic carbocycles. The van der Waals surface area contributed by atoms with Gasteiger partial charge < -0.3 is 13.6 Å². The van der Waals surface area contributed by atoms with E-state index in [9.17, 15) is 5.26 Å². The van der Waals surface area contributed by atoms with Crippen LogP contribution in [0, 0.1) is 18.3 Å². The summed E-state index contributed by atoms with van der Waals surface area (Å²) in [5.41, 5.74) is 9.66. The fourth-order valence-corrected chi connectivity index (χ4v) is 6.77. The minimum absolute atomic E-state index is 0.523. The Balaban J connectivity index is 1.36. The van der Waals surface area contributed by atoms with Crippen molar-refractivity contribution in [3.8, 4) is 17.4 Å². The van der Waals surface area contributed by atoms with Crippen molar-refractivity contribution in [3.05, 3.63) is 132 Å². The van der Waals surface area contributed by atoms with Gasteiger partial charge in [0.1, 0.15) is 11.7 Å². The molecule has 196 valence electrons. The van der Waals surface area contributed by atoms with Crippen molar-refractivity contribution in [1.29, 1.82) is 5.26 Å². The van der Waals surface area contributed by atoms with Crippen molar-refractivity contribution in [3.63, 3.8) is 0 Å². The van der Waals surface area contributed by atoms with Gasteiger partial charge in [-0.2, -0.15) is 5.26 Å². The summed E-state index contributed by atoms with van der Waals surface area (Å²) in [6.07, 6.45) is 0. The predicted octanol–water partition coefficient (Wildman–Crippen LogP) is 9.96. The van der Waals surface area contributed by atoms with E-state index in [0.717, 1.165) is 49.8 Å². The molecule has 9 rings (SSSR count). The van der Waals surface area contributed by atoms with E-state index < -0.39 is 0 Å². The van der Waals surface area contributed by atoms with E-state index in [2.05, 4.69) is 131 Å². The van der Waals surface area contributed by atoms with Crippen LogP contribution in [0.2, 0.25) is 0 Å². The van der Waals surface area contributed by atoms with Crippen LogP contribution in [-0.4, -0.2) is 9.13 Å². The molecule has 3 aromatic heterocycles. The van der Waals surface area contributed by atoms with Crippen molar-refractivity contribution < 1.29 is 4.42 Å². The largest absolute Gasteiger partial charge is 0.455 e. The normalized spacial score (nSPS) is 11.9. The fraction of sp³-hybridized carbons (Fsp3) is 0.0263. The molecular weight excluding hydrogens is 514 g/mol. The second kappa shape index (κ2) is 8.36. The first-order chi connectivity index (χ1) is 20.7. The standard InChI is InChI=1S/C38H23N3O/c1-23-14-16-36-30(18-23)29-10-4-7-13-35(29)41(36)26-19-24(22-39)38-32(21-26)31-20-25(15-17-37(31)42-38)40-33-11-5-2-8-27(33)28-9-3-6-12-34(28)40/h2-21H,1H3. The first-order valence-electron chi connectivity index (χ1n) is 14.1. The van der Waals surface area contributed by atoms with Crippen LogP contribution in [0.25, 0.3) is 76.9 Å². The molecule has 0 aliphatic heterocycles. The SMILES string of the molecule is Cc1ccc2c(c1)c1ccccc1n2-c1cc(C#N)c2oc3ccc(-n4c5ccccc5c5ccccc54)cc3c2c1. The predicted molar refractivity (Wildman–Crippen MR) is 172 cm³/mol. The molecule has 42 heavy (non-hydrogen) atoms. The maximum absolute atomic E-state index is 10.3. The molecule has 4 nitrogen and oxygen atoms in total. The molecule has 0 N–H and O–H groups in total. The molecule has 0 unspecified atom stereocenters. The number of rotatable bonds is 2. The average molecular weight is 538 g/mol. The molecule has 0 aliphatic rings. The van der Waals surface area contributed by atoms with Crippen molar-refractivity contribution in [2.45, 2.75) is 6.92 Å². The highest BCUT2D eigenvalue weighted by molar-refractivity contribution is 6.13. The summed E-state index contributed by atoms with van der Waals surface area (Å²) in [4.78, 5) is 0. The number of nitrogens with zero attached hydrogens (tertiary/aromatic N) is 3. The van der Waals surface area contributed by atoms with E-state index in [0.29, 0.717) is 11.1 Å². The molecule has 0 saturated heterocycles. The fourth-order valence-electron chi connectivity index (χ4n) is 6.77. The van der Waals surface area contributed by atoms with Crippen LogP contribution in [-0.2, 0) is 0 Å². The van der Waals surface area contributed by atoms with Gasteiger partial charge in [-0.1, -0.05) is 66.2 Å². The lowest BCUT2D eigenvalue weighted by Crippen LogP contribution is -1.95. The van der Waals surface area contributed by atoms with E-state index in [4.69, 9.17) is 4.42 Å². The van der Waals surface area contributed by atoms with Crippen molar-refractivity contribution >= 4 is 65.6 Å². The number of furan rings is 1. The molecule has 0 atom stereocenters. The Hall–Kier alpha value is -5.79. The quantitative estimate of drug-likeness (QED) is 0.220. The lowest BCUT2D eigenvalue weighted by molar-refractivity contribution is 0.667. The zero-order valence-corrected chi connectivity index (χ0v) is 22.8. The molecule has 0 bridgehead atoms. The number of para-hydroxylation sites is 3. The molecule has 4 heteroatoms. The third-order valence-corrected chi connectivity index (χ3v) is 8.58. The Morgan fingerprint density at radius 2 is 1.10 bits per heavy atom. The van der Waals surface area contributed by atoms with E-state index in [1.807, 2.05) is 12.1 Å². The highest BCUT2D eigenvalue weighted by Gasteiger charge is 2.19. The van der Waals surface area contributed by atoms with Crippen LogP contribution >= 0.6 is 0 Å². The van der Waals surface area contributed by atoms with Crippen molar-refractivity contribution in [1.82, 2.24) is 9.13 Å². The molecule has 3 heterocycles. The van der Waals surface area contributed by atoms with Crippen LogP contribution in [0.1, 0.15) is 11.1 Å². The molecule has 0 aliphatic carbocycles. The third-order valence-electron chi connectivity index (χ3n) is 8.58. The Morgan fingerprint density at radius 3 is 1.76 bits per heavy atom. The zero-order chi connectivity index (χ0) is 27.9. The van der Waals surface area contributed by atoms with E-state index in [1.165, 1.54) is 27.1 Å². The van der Waals surface area contributed by atoms with Crippen LogP contribution in [0.3, 0.4) is 0 Å². The van der Waals surface area contributed by atoms with Gasteiger partial charge in [-0.15, -0.1) is 0 Å². The summed E-state index contributed by atoms with van der Waals surface area (Å²) in [5.74, 6) is 0. The number of hydrogen-bond donors (Lipinski definition) is 0. The number of benzene rings is 6. The molecular formula is C38H23N3O. The highest BCUT2D eigenvalue weighted by atomic mass is 16.3. The summed E-state index contributed by atoms with van der Waals surface area (Å²) >= 11 is 0. The molecule has 9 aromatic rings. The minimum Gasteiger partial charge on any atom is -0.455 e. The monoisotopic (exact) mass is 537 g/mol. The summed E-state index contributed by atoms with van der Waals surface area (Å²) in [5, 5.41) is 17.0. The molecule has 0 spiro atoms. The second-order valence-corrected chi connectivity index (χ2v) is 11.0. The van der Waals surface area contributed by atoms with Gasteiger partial charge in [-0.05, 0) is 67.6 Å². The molecule has 0 radical (unpaired) electrons. The maximum Gasteiger partial charge on any atom is 0.153 e. The summed E-state index contributed by atoms with van der Waals surface area (Å²) in [6, 6.07) is 44.9. The average Bonchev–Trinajstić information content (AvgIpc) is 3.68. The Bertz CT molecular complexity index is 2550. The summed E-state index contributed by atoms with van der Waals surface area (Å²) in [6.45, 7) is 2.12. The third kappa shape index (κ3) is 3.05. The highest BCUT2D eigenvalue weighted by Crippen LogP contribution is 2.39. The first kappa shape index (κ1) is 23.0. The lowest BCUT2D eigenvalue weighted by Gasteiger charge is -2.10. The number of aryl methyl sites for hydroxylation is 1. The van der Waals surface area contributed by atoms with Gasteiger partial charge in [-0.25, -0.2) is 0 Å². The van der Waals surface area contributed by atoms with Gasteiger partial charge in [-0.3, -0.25) is 0 Å². The Kier molecular flexibility index (Phi) is 4.57. The topological polar surface area (TPSA) is 46.8 Å². The molecule has 0 saturated carbocycles. The van der Waals surface area contributed by atoms with Crippen molar-refractivity contribution in [2.24, 2.45) is 0 Å². The van der Waals surface area contributed by atoms with Crippen LogP contribution in [0.15, 0.2) is 126 Å². The number of aromatic nitrogens is 2. The van der Waals surface area contributed by atoms with Crippen LogP contribution in [0.5, 0.6) is 0 Å². The van der Waals surface area contributed by atoms with Gasteiger partial charge >= 0.3 is 0 Å². The zero-order valence-electron chi connectivity index (χ0n) is 22.8. The maximum atomic E-state index is 10.3. The Morgan fingerprint density at radius 1 is 0.524 bits per heavy atom. The van der Waals surface area contributed by atoms with E-state index in [1.54, 1.807) is 0 Å². The van der Waals surface area contributed by atoms with Gasteiger partial charge in [0.15, 0.2) is 5.58 Å². The van der Waals surface area contributed by atoms with Gasteiger partial charge in [0.05, 0.1) is 27.6 Å². The molecule has 0 amide bonds. The summed E-state index contributed by atoms with van der Waals surface area (Å²) in [7, 11) is 0. The summed E-state index contributed by atoms with van der Waals surface area (Å²) < 4.78 is 10.9. The Labute approximate surface area is 240 Å². The van der Waals surface area contributed by atoms with Crippen LogP contribution in [0.4, 0.5) is 0 Å². The molecule has 0 fully saturated rings. The van der Waals surface area contributed by atoms with Gasteiger partial charge in [0.2, 0.25) is 0 Å². The number of nitriles is 1. The smallest absolute Gasteiger partial charge is 0.153 e. The minimum atomic E-state index is 0.523. The van der Waals surface area contributed by atoms with Gasteiger partial charge in [0, 0.05) is 43.7 Å². The lowest BCUT2D eigenvalue weighted by atomic mass is 10.1. The van der Waals surface area contributed by atoms with Crippen molar-refractivity contribution in [2.75, 3.05) is 0 Å². The van der Waals surface area contributed by atoms with E-state index in [-0.39, 0.29) is 0 Å². The van der Waals surface area contributed by atoms with E-state index >= 15 is 0 Å². The van der Waals surface area contributed by atoms with Gasteiger partial charge in [0.25, 0.3) is 0 Å².